The van der Waals surface area contributed by atoms with Gasteiger partial charge in [0.05, 0.1) is 11.8 Å². The van der Waals surface area contributed by atoms with Gasteiger partial charge in [0, 0.05) is 19.3 Å². The Balaban J connectivity index is 1.78. The van der Waals surface area contributed by atoms with E-state index in [2.05, 4.69) is 36.0 Å². The van der Waals surface area contributed by atoms with Crippen molar-refractivity contribution in [1.29, 1.82) is 0 Å². The topological polar surface area (TPSA) is 36.4 Å². The van der Waals surface area contributed by atoms with Crippen LogP contribution in [-0.2, 0) is 13.0 Å². The molecule has 2 rings (SSSR count). The molecule has 0 spiro atoms. The molecule has 1 N–H and O–H groups in total. The van der Waals surface area contributed by atoms with Crippen LogP contribution in [0.15, 0.2) is 18.3 Å². The highest BCUT2D eigenvalue weighted by Crippen LogP contribution is 2.24. The van der Waals surface area contributed by atoms with Crippen LogP contribution in [0.5, 0.6) is 0 Å². The highest BCUT2D eigenvalue weighted by molar-refractivity contribution is 5.13. The van der Waals surface area contributed by atoms with E-state index in [0.717, 1.165) is 56.8 Å². The third-order valence-corrected chi connectivity index (χ3v) is 4.11. The molecule has 1 aliphatic rings. The molecule has 3 nitrogen and oxygen atoms in total. The SMILES string of the molecule is CCc1ccc(CN(C)CC2CCC(O)CC2)nc1. The van der Waals surface area contributed by atoms with Crippen LogP contribution in [0.1, 0.15) is 43.9 Å². The van der Waals surface area contributed by atoms with Gasteiger partial charge in [-0.2, -0.15) is 0 Å². The zero-order chi connectivity index (χ0) is 13.7. The number of pyridine rings is 1. The van der Waals surface area contributed by atoms with Crippen LogP contribution in [0.3, 0.4) is 0 Å². The maximum Gasteiger partial charge on any atom is 0.0544 e. The Kier molecular flexibility index (Phi) is 5.34. The van der Waals surface area contributed by atoms with Gasteiger partial charge in [0.1, 0.15) is 0 Å². The van der Waals surface area contributed by atoms with E-state index < -0.39 is 0 Å². The molecule has 0 aliphatic heterocycles. The fourth-order valence-electron chi connectivity index (χ4n) is 2.87. The van der Waals surface area contributed by atoms with Crippen LogP contribution in [-0.4, -0.2) is 34.7 Å². The smallest absolute Gasteiger partial charge is 0.0544 e. The minimum atomic E-state index is -0.0511. The normalized spacial score (nSPS) is 23.8. The van der Waals surface area contributed by atoms with E-state index in [1.807, 2.05) is 6.20 Å². The lowest BCUT2D eigenvalue weighted by molar-refractivity contribution is 0.0966. The van der Waals surface area contributed by atoms with Crippen molar-refractivity contribution in [1.82, 2.24) is 9.88 Å². The van der Waals surface area contributed by atoms with E-state index >= 15 is 0 Å². The third kappa shape index (κ3) is 4.59. The van der Waals surface area contributed by atoms with E-state index in [4.69, 9.17) is 0 Å². The number of nitrogens with zero attached hydrogens (tertiary/aromatic N) is 2. The molecule has 1 fully saturated rings. The van der Waals surface area contributed by atoms with Crippen molar-refractivity contribution in [3.8, 4) is 0 Å². The summed E-state index contributed by atoms with van der Waals surface area (Å²) in [7, 11) is 2.17. The zero-order valence-corrected chi connectivity index (χ0v) is 12.2. The molecule has 1 aliphatic carbocycles. The van der Waals surface area contributed by atoms with E-state index in [9.17, 15) is 5.11 Å². The van der Waals surface area contributed by atoms with Crippen LogP contribution in [0.4, 0.5) is 0 Å². The molecule has 1 aromatic rings. The fraction of sp³-hybridized carbons (Fsp3) is 0.688. The van der Waals surface area contributed by atoms with Gasteiger partial charge in [-0.1, -0.05) is 13.0 Å². The Morgan fingerprint density at radius 2 is 2.00 bits per heavy atom. The lowest BCUT2D eigenvalue weighted by Gasteiger charge is -2.29. The molecule has 0 amide bonds. The standard InChI is InChI=1S/C16H26N2O/c1-3-13-4-7-15(17-10-13)12-18(2)11-14-5-8-16(19)9-6-14/h4,7,10,14,16,19H,3,5-6,8-9,11-12H2,1-2H3. The Labute approximate surface area is 116 Å². The molecule has 1 saturated carbocycles. The molecular weight excluding hydrogens is 236 g/mol. The number of aliphatic hydroxyl groups is 1. The molecule has 19 heavy (non-hydrogen) atoms. The van der Waals surface area contributed by atoms with Gasteiger partial charge < -0.3 is 10.0 Å². The second-order valence-corrected chi connectivity index (χ2v) is 5.88. The van der Waals surface area contributed by atoms with E-state index in [1.165, 1.54) is 5.56 Å². The Morgan fingerprint density at radius 1 is 1.26 bits per heavy atom. The molecule has 1 aromatic heterocycles. The molecule has 0 saturated heterocycles. The molecule has 106 valence electrons. The van der Waals surface area contributed by atoms with Gasteiger partial charge in [0.15, 0.2) is 0 Å². The van der Waals surface area contributed by atoms with Crippen molar-refractivity contribution >= 4 is 0 Å². The average Bonchev–Trinajstić information content (AvgIpc) is 2.42. The quantitative estimate of drug-likeness (QED) is 0.886. The first kappa shape index (κ1) is 14.5. The summed E-state index contributed by atoms with van der Waals surface area (Å²) in [5.41, 5.74) is 2.45. The molecule has 0 radical (unpaired) electrons. The second kappa shape index (κ2) is 7.01. The largest absolute Gasteiger partial charge is 0.393 e. The minimum absolute atomic E-state index is 0.0511. The third-order valence-electron chi connectivity index (χ3n) is 4.11. The number of aliphatic hydroxyl groups excluding tert-OH is 1. The van der Waals surface area contributed by atoms with E-state index in [-0.39, 0.29) is 6.10 Å². The average molecular weight is 262 g/mol. The Hall–Kier alpha value is -0.930. The van der Waals surface area contributed by atoms with Gasteiger partial charge in [0.2, 0.25) is 0 Å². The van der Waals surface area contributed by atoms with Crippen molar-refractivity contribution in [3.63, 3.8) is 0 Å². The maximum atomic E-state index is 9.52. The van der Waals surface area contributed by atoms with E-state index in [0.29, 0.717) is 0 Å². The molecule has 1 heterocycles. The summed E-state index contributed by atoms with van der Waals surface area (Å²) in [4.78, 5) is 6.87. The first-order chi connectivity index (χ1) is 9.17. The Morgan fingerprint density at radius 3 is 2.58 bits per heavy atom. The van der Waals surface area contributed by atoms with E-state index in [1.54, 1.807) is 0 Å². The maximum absolute atomic E-state index is 9.52. The number of hydrogen-bond acceptors (Lipinski definition) is 3. The number of aromatic nitrogens is 1. The summed E-state index contributed by atoms with van der Waals surface area (Å²) in [6, 6.07) is 4.31. The summed E-state index contributed by atoms with van der Waals surface area (Å²) >= 11 is 0. The van der Waals surface area contributed by atoms with Crippen LogP contribution in [0.25, 0.3) is 0 Å². The van der Waals surface area contributed by atoms with Crippen LogP contribution in [0.2, 0.25) is 0 Å². The van der Waals surface area contributed by atoms with Gasteiger partial charge in [-0.3, -0.25) is 4.98 Å². The molecule has 0 unspecified atom stereocenters. The number of hydrogen-bond donors (Lipinski definition) is 1. The first-order valence-corrected chi connectivity index (χ1v) is 7.47. The van der Waals surface area contributed by atoms with Gasteiger partial charge >= 0.3 is 0 Å². The lowest BCUT2D eigenvalue weighted by atomic mass is 9.87. The minimum Gasteiger partial charge on any atom is -0.393 e. The van der Waals surface area contributed by atoms with Crippen molar-refractivity contribution in [2.45, 2.75) is 51.7 Å². The fourth-order valence-corrected chi connectivity index (χ4v) is 2.87. The Bertz CT molecular complexity index is 369. The summed E-state index contributed by atoms with van der Waals surface area (Å²) in [6.45, 7) is 4.19. The highest BCUT2D eigenvalue weighted by atomic mass is 16.3. The first-order valence-electron chi connectivity index (χ1n) is 7.47. The zero-order valence-electron chi connectivity index (χ0n) is 12.2. The van der Waals surface area contributed by atoms with Crippen molar-refractivity contribution < 1.29 is 5.11 Å². The summed E-state index contributed by atoms with van der Waals surface area (Å²) in [5, 5.41) is 9.52. The second-order valence-electron chi connectivity index (χ2n) is 5.88. The van der Waals surface area contributed by atoms with Crippen LogP contribution >= 0.6 is 0 Å². The summed E-state index contributed by atoms with van der Waals surface area (Å²) in [5.74, 6) is 0.739. The molecule has 0 aromatic carbocycles. The number of aryl methyl sites for hydroxylation is 1. The van der Waals surface area contributed by atoms with Crippen molar-refractivity contribution in [2.75, 3.05) is 13.6 Å². The lowest BCUT2D eigenvalue weighted by Crippen LogP contribution is -2.29. The summed E-state index contributed by atoms with van der Waals surface area (Å²) < 4.78 is 0. The van der Waals surface area contributed by atoms with Gasteiger partial charge in [-0.25, -0.2) is 0 Å². The van der Waals surface area contributed by atoms with Gasteiger partial charge in [0.25, 0.3) is 0 Å². The monoisotopic (exact) mass is 262 g/mol. The highest BCUT2D eigenvalue weighted by Gasteiger charge is 2.20. The van der Waals surface area contributed by atoms with Gasteiger partial charge in [-0.15, -0.1) is 0 Å². The van der Waals surface area contributed by atoms with Crippen LogP contribution < -0.4 is 0 Å². The van der Waals surface area contributed by atoms with Crippen molar-refractivity contribution in [2.24, 2.45) is 5.92 Å². The van der Waals surface area contributed by atoms with Gasteiger partial charge in [-0.05, 0) is 56.7 Å². The predicted octanol–water partition coefficient (Wildman–Crippen LogP) is 2.63. The predicted molar refractivity (Wildman–Crippen MR) is 77.9 cm³/mol. The molecule has 0 atom stereocenters. The molecule has 3 heteroatoms. The molecule has 0 bridgehead atoms. The summed E-state index contributed by atoms with van der Waals surface area (Å²) in [6.07, 6.45) is 7.25. The number of rotatable bonds is 5. The molecular formula is C16H26N2O. The van der Waals surface area contributed by atoms with Crippen molar-refractivity contribution in [3.05, 3.63) is 29.6 Å². The van der Waals surface area contributed by atoms with Crippen LogP contribution in [0, 0.1) is 5.92 Å².